The molecular formula is C41H59N3O9. The van der Waals surface area contributed by atoms with Crippen LogP contribution in [0.5, 0.6) is 0 Å². The fraction of sp³-hybridized carbons (Fsp3) is 0.659. The van der Waals surface area contributed by atoms with Gasteiger partial charge in [-0.2, -0.15) is 0 Å². The fourth-order valence-electron chi connectivity index (χ4n) is 8.98. The van der Waals surface area contributed by atoms with Crippen LogP contribution in [0.2, 0.25) is 0 Å². The van der Waals surface area contributed by atoms with Gasteiger partial charge in [0.15, 0.2) is 23.8 Å². The maximum Gasteiger partial charge on any atom is 0.411 e. The van der Waals surface area contributed by atoms with E-state index in [1.54, 1.807) is 18.7 Å². The lowest BCUT2D eigenvalue weighted by Gasteiger charge is -2.47. The lowest BCUT2D eigenvalue weighted by Crippen LogP contribution is -2.60. The van der Waals surface area contributed by atoms with E-state index in [2.05, 4.69) is 13.5 Å². The zero-order valence-electron chi connectivity index (χ0n) is 32.8. The van der Waals surface area contributed by atoms with Crippen LogP contribution in [0.1, 0.15) is 66.9 Å². The molecular weight excluding hydrogens is 678 g/mol. The molecule has 0 spiro atoms. The number of likely N-dealkylation sites (N-methyl/N-ethyl adjacent to an activating group) is 1. The number of hydrogen-bond donors (Lipinski definition) is 1. The second-order valence-corrected chi connectivity index (χ2v) is 16.0. The number of hydrogen-bond acceptors (Lipinski definition) is 11. The third-order valence-corrected chi connectivity index (χ3v) is 11.7. The number of benzene rings is 1. The molecule has 12 heteroatoms. The SMILES string of the molecule is C=CC1OC(=O)[C@H](C)C(=O)[C@H](C)[C@@H](OC2O[C@@H](C)C[C@@H](N(C)C)[C@@H]2O)[C@@](C)(OC/C=C/c2ccccc2)C[C@@H](C)C2=NCCN3C(=O)O[C@@]1(C)C3[C@H]2C. The minimum atomic E-state index is -1.29. The summed E-state index contributed by atoms with van der Waals surface area (Å²) in [7, 11) is 3.80. The van der Waals surface area contributed by atoms with E-state index in [0.29, 0.717) is 25.9 Å². The molecule has 12 nitrogen and oxygen atoms in total. The molecule has 0 saturated carbocycles. The molecule has 1 amide bonds. The summed E-state index contributed by atoms with van der Waals surface area (Å²) in [5.41, 5.74) is -0.612. The van der Waals surface area contributed by atoms with E-state index >= 15 is 0 Å². The highest BCUT2D eigenvalue weighted by Gasteiger charge is 2.60. The van der Waals surface area contributed by atoms with Crippen molar-refractivity contribution >= 4 is 29.6 Å². The minimum Gasteiger partial charge on any atom is -0.453 e. The van der Waals surface area contributed by atoms with Gasteiger partial charge in [-0.1, -0.05) is 69.8 Å². The van der Waals surface area contributed by atoms with Gasteiger partial charge >= 0.3 is 12.1 Å². The maximum absolute atomic E-state index is 14.5. The predicted octanol–water partition coefficient (Wildman–Crippen LogP) is 4.94. The normalized spacial score (nSPS) is 40.0. The van der Waals surface area contributed by atoms with Crippen LogP contribution in [0.4, 0.5) is 4.79 Å². The topological polar surface area (TPSA) is 136 Å². The number of cyclic esters (lactones) is 1. The largest absolute Gasteiger partial charge is 0.453 e. The summed E-state index contributed by atoms with van der Waals surface area (Å²) < 4.78 is 32.0. The second-order valence-electron chi connectivity index (χ2n) is 16.0. The van der Waals surface area contributed by atoms with Gasteiger partial charge in [-0.15, -0.1) is 0 Å². The van der Waals surface area contributed by atoms with E-state index < -0.39 is 71.5 Å². The summed E-state index contributed by atoms with van der Waals surface area (Å²) in [5, 5.41) is 11.6. The molecule has 292 valence electrons. The smallest absolute Gasteiger partial charge is 0.411 e. The van der Waals surface area contributed by atoms with Gasteiger partial charge in [0, 0.05) is 30.1 Å². The molecule has 0 aromatic heterocycles. The number of fused-ring (bicyclic) bond motifs is 1. The van der Waals surface area contributed by atoms with E-state index in [0.717, 1.165) is 11.3 Å². The molecule has 4 aliphatic heterocycles. The molecule has 2 bridgehead atoms. The number of aliphatic hydroxyl groups is 1. The number of aliphatic imine (C=N–C) groups is 1. The molecule has 3 unspecified atom stereocenters. The van der Waals surface area contributed by atoms with Crippen LogP contribution in [0, 0.1) is 23.7 Å². The lowest BCUT2D eigenvalue weighted by atomic mass is 9.73. The number of esters is 1. The Morgan fingerprint density at radius 1 is 1.08 bits per heavy atom. The van der Waals surface area contributed by atoms with Crippen LogP contribution in [-0.4, -0.2) is 126 Å². The van der Waals surface area contributed by atoms with Crippen LogP contribution in [0.3, 0.4) is 0 Å². The number of amides is 1. The summed E-state index contributed by atoms with van der Waals surface area (Å²) in [6.07, 6.45) is 1.42. The van der Waals surface area contributed by atoms with Crippen molar-refractivity contribution in [1.82, 2.24) is 9.80 Å². The molecule has 0 aliphatic carbocycles. The Kier molecular flexibility index (Phi) is 12.7. The number of aliphatic hydroxyl groups excluding tert-OH is 1. The zero-order valence-corrected chi connectivity index (χ0v) is 32.8. The van der Waals surface area contributed by atoms with Crippen LogP contribution in [0.15, 0.2) is 54.1 Å². The molecule has 1 aromatic carbocycles. The van der Waals surface area contributed by atoms with Crippen LogP contribution < -0.4 is 0 Å². The number of ether oxygens (including phenoxy) is 5. The summed E-state index contributed by atoms with van der Waals surface area (Å²) >= 11 is 0. The lowest BCUT2D eigenvalue weighted by molar-refractivity contribution is -0.296. The van der Waals surface area contributed by atoms with Crippen LogP contribution in [0.25, 0.3) is 6.08 Å². The van der Waals surface area contributed by atoms with Gasteiger partial charge in [0.05, 0.1) is 37.0 Å². The highest BCUT2D eigenvalue weighted by atomic mass is 16.7. The Hall–Kier alpha value is -3.42. The highest BCUT2D eigenvalue weighted by molar-refractivity contribution is 6.00. The number of carbonyl (C=O) groups is 3. The molecule has 1 N–H and O–H groups in total. The zero-order chi connectivity index (χ0) is 38.8. The Morgan fingerprint density at radius 2 is 1.77 bits per heavy atom. The van der Waals surface area contributed by atoms with Crippen molar-refractivity contribution in [2.75, 3.05) is 33.8 Å². The molecule has 4 heterocycles. The van der Waals surface area contributed by atoms with Crippen LogP contribution >= 0.6 is 0 Å². The average Bonchev–Trinajstić information content (AvgIpc) is 3.24. The monoisotopic (exact) mass is 737 g/mol. The van der Waals surface area contributed by atoms with Gasteiger partial charge in [-0.3, -0.25) is 19.5 Å². The maximum atomic E-state index is 14.5. The van der Waals surface area contributed by atoms with E-state index in [-0.39, 0.29) is 30.6 Å². The van der Waals surface area contributed by atoms with E-state index in [1.165, 1.54) is 13.0 Å². The van der Waals surface area contributed by atoms with Gasteiger partial charge in [0.25, 0.3) is 0 Å². The third-order valence-electron chi connectivity index (χ3n) is 11.7. The van der Waals surface area contributed by atoms with Crippen molar-refractivity contribution in [3.05, 3.63) is 54.6 Å². The average molecular weight is 738 g/mol. The van der Waals surface area contributed by atoms with Gasteiger partial charge < -0.3 is 33.7 Å². The summed E-state index contributed by atoms with van der Waals surface area (Å²) in [5.74, 6) is -3.87. The first kappa shape index (κ1) is 40.8. The Bertz CT molecular complexity index is 1550. The Labute approximate surface area is 314 Å². The molecule has 53 heavy (non-hydrogen) atoms. The van der Waals surface area contributed by atoms with Crippen molar-refractivity contribution < 1.29 is 43.2 Å². The standard InChI is InChI=1S/C41H59N3O9/c1-11-31-41(8)35-26(4)32(42-19-20-44(35)39(48)53-41)24(2)23-40(7,49-21-15-18-29-16-13-12-14-17-29)36(27(5)33(45)28(6)37(47)51-31)52-38-34(46)30(43(9)10)22-25(3)50-38/h11-18,24-28,30-31,34-36,38,46H,1,19-23H2,2-10H3/b18-15+/t24-,25+,26+,27+,28-,30-,31?,34+,35?,36-,38?,40+,41-/m1/s1. The molecule has 0 radical (unpaired) electrons. The van der Waals surface area contributed by atoms with Crippen molar-refractivity contribution in [2.24, 2.45) is 28.7 Å². The fourth-order valence-corrected chi connectivity index (χ4v) is 8.98. The Morgan fingerprint density at radius 3 is 2.43 bits per heavy atom. The number of carbonyl (C=O) groups excluding carboxylic acids is 3. The first-order chi connectivity index (χ1) is 25.0. The first-order valence-corrected chi connectivity index (χ1v) is 18.9. The molecule has 3 fully saturated rings. The van der Waals surface area contributed by atoms with E-state index in [1.807, 2.05) is 82.3 Å². The number of ketones is 1. The third kappa shape index (κ3) is 8.32. The summed E-state index contributed by atoms with van der Waals surface area (Å²) in [6.45, 7) is 17.7. The quantitative estimate of drug-likeness (QED) is 0.222. The Balaban J connectivity index is 1.61. The highest BCUT2D eigenvalue weighted by Crippen LogP contribution is 2.43. The van der Waals surface area contributed by atoms with Gasteiger partial charge in [0.1, 0.15) is 12.0 Å². The van der Waals surface area contributed by atoms with Crippen molar-refractivity contribution in [2.45, 2.75) is 115 Å². The molecule has 1 aromatic rings. The second kappa shape index (κ2) is 16.5. The van der Waals surface area contributed by atoms with Crippen LogP contribution in [-0.2, 0) is 33.3 Å². The minimum absolute atomic E-state index is 0.182. The van der Waals surface area contributed by atoms with Crippen molar-refractivity contribution in [3.8, 4) is 0 Å². The number of nitrogens with zero attached hydrogens (tertiary/aromatic N) is 3. The first-order valence-electron chi connectivity index (χ1n) is 18.9. The molecule has 3 saturated heterocycles. The van der Waals surface area contributed by atoms with Gasteiger partial charge in [-0.25, -0.2) is 4.79 Å². The number of rotatable bonds is 8. The number of Topliss-reactive ketones (excluding diaryl/α,β-unsaturated/α-hetero) is 1. The van der Waals surface area contributed by atoms with E-state index in [4.69, 9.17) is 28.7 Å². The molecule has 5 rings (SSSR count). The van der Waals surface area contributed by atoms with Crippen molar-refractivity contribution in [3.63, 3.8) is 0 Å². The predicted molar refractivity (Wildman–Crippen MR) is 201 cm³/mol. The van der Waals surface area contributed by atoms with E-state index in [9.17, 15) is 19.5 Å². The molecule has 13 atom stereocenters. The van der Waals surface area contributed by atoms with Crippen molar-refractivity contribution in [1.29, 1.82) is 0 Å². The van der Waals surface area contributed by atoms with Gasteiger partial charge in [0.2, 0.25) is 0 Å². The summed E-state index contributed by atoms with van der Waals surface area (Å²) in [4.78, 5) is 50.4. The molecule has 4 aliphatic rings. The van der Waals surface area contributed by atoms with Gasteiger partial charge in [-0.05, 0) is 72.2 Å². The summed E-state index contributed by atoms with van der Waals surface area (Å²) in [6, 6.07) is 9.08.